The summed E-state index contributed by atoms with van der Waals surface area (Å²) < 4.78 is 7.82. The van der Waals surface area contributed by atoms with Crippen molar-refractivity contribution in [1.29, 1.82) is 0 Å². The Morgan fingerprint density at radius 1 is 1.23 bits per heavy atom. The Bertz CT molecular complexity index is 1580. The van der Waals surface area contributed by atoms with Gasteiger partial charge in [0.2, 0.25) is 0 Å². The molecule has 0 spiro atoms. The molecule has 0 saturated heterocycles. The molecule has 0 aliphatic carbocycles. The molecule has 1 aromatic carbocycles. The van der Waals surface area contributed by atoms with E-state index in [2.05, 4.69) is 9.97 Å². The van der Waals surface area contributed by atoms with Crippen molar-refractivity contribution in [2.45, 2.75) is 4.90 Å². The van der Waals surface area contributed by atoms with Gasteiger partial charge in [-0.15, -0.1) is 34.4 Å². The number of hydrogen-bond donors (Lipinski definition) is 1. The minimum absolute atomic E-state index is 0.387. The van der Waals surface area contributed by atoms with Crippen molar-refractivity contribution in [2.24, 2.45) is 0 Å². The Kier molecular flexibility index (Phi) is 5.13. The molecule has 5 rings (SSSR count). The van der Waals surface area contributed by atoms with E-state index in [0.29, 0.717) is 26.7 Å². The van der Waals surface area contributed by atoms with E-state index >= 15 is 0 Å². The van der Waals surface area contributed by atoms with Crippen molar-refractivity contribution in [3.05, 3.63) is 67.9 Å². The van der Waals surface area contributed by atoms with Crippen LogP contribution < -0.4 is 16.0 Å². The number of rotatable bonds is 4. The molecule has 6 nitrogen and oxygen atoms in total. The lowest BCUT2D eigenvalue weighted by molar-refractivity contribution is 0.415. The molecule has 156 valence electrons. The first-order valence-corrected chi connectivity index (χ1v) is 12.3. The molecule has 0 atom stereocenters. The molecule has 0 bridgehead atoms. The summed E-state index contributed by atoms with van der Waals surface area (Å²) >= 11 is 10.8. The van der Waals surface area contributed by atoms with E-state index in [0.717, 1.165) is 30.0 Å². The average Bonchev–Trinajstić information content (AvgIpc) is 3.38. The molecular formula is C21H14ClN3O3S3. The van der Waals surface area contributed by atoms with Crippen molar-refractivity contribution < 1.29 is 4.74 Å². The van der Waals surface area contributed by atoms with Gasteiger partial charge in [0, 0.05) is 37.3 Å². The number of aromatic amines is 1. The van der Waals surface area contributed by atoms with Crippen LogP contribution >= 0.6 is 46.0 Å². The zero-order valence-corrected chi connectivity index (χ0v) is 19.5. The van der Waals surface area contributed by atoms with E-state index < -0.39 is 5.69 Å². The number of halogens is 1. The third-order valence-electron chi connectivity index (χ3n) is 4.90. The number of nitrogens with one attached hydrogen (secondary N) is 1. The van der Waals surface area contributed by atoms with Crippen LogP contribution in [0.2, 0.25) is 5.02 Å². The summed E-state index contributed by atoms with van der Waals surface area (Å²) in [4.78, 5) is 35.2. The minimum atomic E-state index is -0.508. The Morgan fingerprint density at radius 2 is 2.06 bits per heavy atom. The zero-order chi connectivity index (χ0) is 21.7. The van der Waals surface area contributed by atoms with Crippen LogP contribution in [0.3, 0.4) is 0 Å². The van der Waals surface area contributed by atoms with E-state index in [4.69, 9.17) is 16.3 Å². The molecule has 0 radical (unpaired) electrons. The number of pyridine rings is 1. The molecule has 31 heavy (non-hydrogen) atoms. The van der Waals surface area contributed by atoms with Crippen LogP contribution in [0.1, 0.15) is 0 Å². The van der Waals surface area contributed by atoms with Gasteiger partial charge in [-0.25, -0.2) is 9.36 Å². The van der Waals surface area contributed by atoms with Gasteiger partial charge in [-0.2, -0.15) is 0 Å². The second-order valence-electron chi connectivity index (χ2n) is 6.61. The molecule has 4 heterocycles. The minimum Gasteiger partial charge on any atom is -0.497 e. The maximum absolute atomic E-state index is 13.4. The molecule has 4 aromatic heterocycles. The molecule has 0 fully saturated rings. The number of thiophene rings is 2. The molecule has 5 aromatic rings. The Morgan fingerprint density at radius 3 is 2.84 bits per heavy atom. The number of fused-ring (bicyclic) bond motifs is 2. The van der Waals surface area contributed by atoms with Gasteiger partial charge in [0.25, 0.3) is 5.56 Å². The van der Waals surface area contributed by atoms with Crippen LogP contribution in [0.4, 0.5) is 0 Å². The molecule has 10 heteroatoms. The van der Waals surface area contributed by atoms with Crippen LogP contribution in [0.15, 0.2) is 56.5 Å². The standard InChI is InChI=1S/C21H14ClN3O3S3/c1-28-10-3-4-12(22)11(5-10)15-6-13-19(31-15)20(26)25(21(27)24-13)14-7-23-8-16-18(14)17(29-2)9-30-16/h3-9H,1-2H3,(H,24,27). The maximum Gasteiger partial charge on any atom is 0.333 e. The van der Waals surface area contributed by atoms with E-state index in [1.807, 2.05) is 17.7 Å². The third-order valence-corrected chi connectivity index (χ3v) is 8.22. The third kappa shape index (κ3) is 3.28. The maximum atomic E-state index is 13.4. The highest BCUT2D eigenvalue weighted by atomic mass is 35.5. The summed E-state index contributed by atoms with van der Waals surface area (Å²) in [5, 5.41) is 3.39. The monoisotopic (exact) mass is 487 g/mol. The van der Waals surface area contributed by atoms with E-state index in [1.165, 1.54) is 22.7 Å². The fourth-order valence-electron chi connectivity index (χ4n) is 3.44. The van der Waals surface area contributed by atoms with E-state index in [1.54, 1.807) is 49.5 Å². The number of thioether (sulfide) groups is 1. The molecule has 1 N–H and O–H groups in total. The Balaban J connectivity index is 1.78. The topological polar surface area (TPSA) is 77.0 Å². The number of H-pyrrole nitrogens is 1. The largest absolute Gasteiger partial charge is 0.497 e. The van der Waals surface area contributed by atoms with Crippen LogP contribution in [-0.2, 0) is 0 Å². The van der Waals surface area contributed by atoms with Crippen LogP contribution in [-0.4, -0.2) is 27.9 Å². The highest BCUT2D eigenvalue weighted by Crippen LogP contribution is 2.38. The second-order valence-corrected chi connectivity index (χ2v) is 9.82. The zero-order valence-electron chi connectivity index (χ0n) is 16.3. The lowest BCUT2D eigenvalue weighted by Crippen LogP contribution is -2.33. The molecule has 0 amide bonds. The average molecular weight is 488 g/mol. The summed E-state index contributed by atoms with van der Waals surface area (Å²) in [7, 11) is 1.58. The Hall–Kier alpha value is -2.59. The van der Waals surface area contributed by atoms with Crippen molar-refractivity contribution in [3.63, 3.8) is 0 Å². The van der Waals surface area contributed by atoms with E-state index in [9.17, 15) is 9.59 Å². The van der Waals surface area contributed by atoms with Gasteiger partial charge in [0.05, 0.1) is 29.2 Å². The van der Waals surface area contributed by atoms with E-state index in [-0.39, 0.29) is 5.56 Å². The van der Waals surface area contributed by atoms with Gasteiger partial charge in [-0.1, -0.05) is 11.6 Å². The summed E-state index contributed by atoms with van der Waals surface area (Å²) in [6.07, 6.45) is 5.27. The molecule has 0 saturated carbocycles. The quantitative estimate of drug-likeness (QED) is 0.343. The summed E-state index contributed by atoms with van der Waals surface area (Å²) in [6.45, 7) is 0. The number of aromatic nitrogens is 3. The SMILES string of the molecule is COc1ccc(Cl)c(-c2cc3[nH]c(=O)n(-c4cncc5scc(SC)c45)c(=O)c3s2)c1. The molecule has 0 aliphatic rings. The fraction of sp³-hybridized carbons (Fsp3) is 0.0952. The van der Waals surface area contributed by atoms with Crippen molar-refractivity contribution in [3.8, 4) is 21.9 Å². The lowest BCUT2D eigenvalue weighted by Gasteiger charge is -2.07. The summed E-state index contributed by atoms with van der Waals surface area (Å²) in [5.74, 6) is 0.655. The fourth-order valence-corrected chi connectivity index (χ4v) is 6.61. The first kappa shape index (κ1) is 20.3. The molecule has 0 unspecified atom stereocenters. The number of methoxy groups -OCH3 is 1. The van der Waals surface area contributed by atoms with Crippen molar-refractivity contribution in [1.82, 2.24) is 14.5 Å². The predicted molar refractivity (Wildman–Crippen MR) is 130 cm³/mol. The van der Waals surface area contributed by atoms with Crippen molar-refractivity contribution >= 4 is 66.3 Å². The highest BCUT2D eigenvalue weighted by molar-refractivity contribution is 7.99. The second kappa shape index (κ2) is 7.83. The molecular weight excluding hydrogens is 474 g/mol. The van der Waals surface area contributed by atoms with Gasteiger partial charge >= 0.3 is 5.69 Å². The van der Waals surface area contributed by atoms with Crippen molar-refractivity contribution in [2.75, 3.05) is 13.4 Å². The number of nitrogens with zero attached hydrogens (tertiary/aromatic N) is 2. The normalized spacial score (nSPS) is 11.5. The van der Waals surface area contributed by atoms with Gasteiger partial charge in [-0.3, -0.25) is 9.78 Å². The van der Waals surface area contributed by atoms with Gasteiger partial charge in [0.15, 0.2) is 0 Å². The summed E-state index contributed by atoms with van der Waals surface area (Å²) in [5.41, 5.74) is 0.791. The first-order chi connectivity index (χ1) is 15.0. The van der Waals surface area contributed by atoms with Gasteiger partial charge < -0.3 is 9.72 Å². The number of benzene rings is 1. The molecule has 0 aliphatic heterocycles. The predicted octanol–water partition coefficient (Wildman–Crippen LogP) is 5.40. The lowest BCUT2D eigenvalue weighted by atomic mass is 10.2. The first-order valence-electron chi connectivity index (χ1n) is 9.04. The van der Waals surface area contributed by atoms with Gasteiger partial charge in [0.1, 0.15) is 10.4 Å². The van der Waals surface area contributed by atoms with Gasteiger partial charge in [-0.05, 0) is 30.5 Å². The summed E-state index contributed by atoms with van der Waals surface area (Å²) in [6, 6.07) is 7.09. The number of hydrogen-bond acceptors (Lipinski definition) is 7. The van der Waals surface area contributed by atoms with Crippen LogP contribution in [0.5, 0.6) is 5.75 Å². The number of ether oxygens (including phenoxy) is 1. The van der Waals surface area contributed by atoms with Crippen LogP contribution in [0, 0.1) is 0 Å². The Labute approximate surface area is 193 Å². The smallest absolute Gasteiger partial charge is 0.333 e. The van der Waals surface area contributed by atoms with Crippen LogP contribution in [0.25, 0.3) is 36.4 Å². The highest BCUT2D eigenvalue weighted by Gasteiger charge is 2.18.